The van der Waals surface area contributed by atoms with Gasteiger partial charge in [0.15, 0.2) is 0 Å². The number of hydrogen-bond acceptors (Lipinski definition) is 15. The molecule has 2 heterocycles. The summed E-state index contributed by atoms with van der Waals surface area (Å²) in [7, 11) is -7.70. The molecular weight excluding hydrogens is 1250 g/mol. The highest BCUT2D eigenvalue weighted by atomic mass is 31.2. The van der Waals surface area contributed by atoms with Crippen molar-refractivity contribution < 1.29 is 71.5 Å². The van der Waals surface area contributed by atoms with Crippen molar-refractivity contribution in [1.29, 1.82) is 0 Å². The molecule has 0 aliphatic carbocycles. The molecule has 0 aromatic heterocycles. The molecule has 4 rings (SSSR count). The van der Waals surface area contributed by atoms with Crippen LogP contribution in [0.2, 0.25) is 0 Å². The van der Waals surface area contributed by atoms with E-state index in [0.717, 1.165) is 48.3 Å². The van der Waals surface area contributed by atoms with Gasteiger partial charge >= 0.3 is 34.4 Å². The first-order valence-electron chi connectivity index (χ1n) is 36.3. The molecule has 93 heavy (non-hydrogen) atoms. The molecule has 2 aromatic carbocycles. The molecular formula is C74H138O15P4. The van der Waals surface area contributed by atoms with E-state index in [1.165, 1.54) is 193 Å². The summed E-state index contributed by atoms with van der Waals surface area (Å²) in [4.78, 5) is 31.3. The van der Waals surface area contributed by atoms with Gasteiger partial charge in [-0.3, -0.25) is 0 Å². The third kappa shape index (κ3) is 34.7. The quantitative estimate of drug-likeness (QED) is 0.0228. The van der Waals surface area contributed by atoms with E-state index in [2.05, 4.69) is 113 Å². The monoisotopic (exact) mass is 1390 g/mol. The van der Waals surface area contributed by atoms with E-state index in [4.69, 9.17) is 46.7 Å². The molecule has 0 radical (unpaired) electrons. The van der Waals surface area contributed by atoms with Crippen molar-refractivity contribution in [3.05, 3.63) is 69.8 Å². The number of hydrogen-bond donors (Lipinski definition) is 8. The van der Waals surface area contributed by atoms with Crippen LogP contribution in [-0.2, 0) is 58.7 Å². The molecule has 2 aliphatic rings. The first kappa shape index (κ1) is 88.6. The van der Waals surface area contributed by atoms with Gasteiger partial charge in [-0.1, -0.05) is 326 Å². The van der Waals surface area contributed by atoms with Gasteiger partial charge in [-0.25, -0.2) is 4.31 Å². The Morgan fingerprint density at radius 2 is 0.624 bits per heavy atom. The molecule has 0 atom stereocenters. The van der Waals surface area contributed by atoms with Gasteiger partial charge in [-0.15, -0.1) is 0 Å². The van der Waals surface area contributed by atoms with Crippen LogP contribution in [0.1, 0.15) is 336 Å². The molecule has 2 aromatic rings. The molecule has 19 heteroatoms. The predicted molar refractivity (Wildman–Crippen MR) is 389 cm³/mol. The van der Waals surface area contributed by atoms with Gasteiger partial charge < -0.3 is 67.1 Å². The van der Waals surface area contributed by atoms with Crippen LogP contribution >= 0.6 is 34.4 Å². The summed E-state index contributed by atoms with van der Waals surface area (Å²) in [5.74, 6) is 0. The SMILES string of the molecule is CC(C)(C)c1ccc(C(O)(c2ccc(C(C)(C)C)cc2C(C)(C)C)C(CO)(CO)CO)c(C(C)(C)C)c1.CCCCCCCCCCCCCCCCCCOP1OCC2(CO1)COP(OCCCCCCCCCCCCCCCCCC)OC2.OP(O)OP(O)O. The maximum atomic E-state index is 13.1. The lowest BCUT2D eigenvalue weighted by atomic mass is 9.60. The van der Waals surface area contributed by atoms with Gasteiger partial charge in [0, 0.05) is 0 Å². The highest BCUT2D eigenvalue weighted by Gasteiger charge is 2.55. The second kappa shape index (κ2) is 47.6. The molecule has 0 amide bonds. The van der Waals surface area contributed by atoms with Crippen LogP contribution in [0.4, 0.5) is 0 Å². The molecule has 1 spiro atoms. The summed E-state index contributed by atoms with van der Waals surface area (Å²) in [5, 5.41) is 45.2. The summed E-state index contributed by atoms with van der Waals surface area (Å²) in [5.41, 5.74) is 0.633. The Kier molecular flexibility index (Phi) is 45.4. The third-order valence-corrected chi connectivity index (χ3v) is 21.6. The highest BCUT2D eigenvalue weighted by Crippen LogP contribution is 2.54. The van der Waals surface area contributed by atoms with Gasteiger partial charge in [0.05, 0.1) is 70.3 Å². The second-order valence-electron chi connectivity index (χ2n) is 30.9. The largest absolute Gasteiger partial charge is 0.395 e. The number of aliphatic hydroxyl groups excluding tert-OH is 3. The average Bonchev–Trinajstić information content (AvgIpc) is 0.717. The summed E-state index contributed by atoms with van der Waals surface area (Å²) >= 11 is 0. The smallest absolute Gasteiger partial charge is 0.334 e. The zero-order valence-electron chi connectivity index (χ0n) is 61.2. The van der Waals surface area contributed by atoms with Crippen LogP contribution in [0.15, 0.2) is 36.4 Å². The fourth-order valence-corrected chi connectivity index (χ4v) is 15.0. The fourth-order valence-electron chi connectivity index (χ4n) is 12.0. The standard InChI is InChI=1S/C41H82O6P2.C33H52O4.H4O5P2/c1-3-5-7-9-11-13-15-17-19-21-23-25-27-29-31-33-35-42-48-44-37-41(38-45-48)39-46-49(47-40-41)43-36-34-32-30-28-26-24-22-20-18-16-14-12-10-8-6-4-2;1-28(2,3)22-13-15-24(26(17-22)30(7,8)9)33(37,32(19-34,20-35)21-36)25-16-14-23(29(4,5)6)18-27(25)31(10,11)12;1-6(2)5-7(3)4/h3-40H2,1-2H3;13-18,34-37H,19-21H2,1-12H3;1-4H. The number of benzene rings is 2. The van der Waals surface area contributed by atoms with Crippen LogP contribution in [0.25, 0.3) is 0 Å². The maximum absolute atomic E-state index is 13.1. The fraction of sp³-hybridized carbons (Fsp3) is 0.838. The average molecular weight is 1390 g/mol. The Morgan fingerprint density at radius 3 is 0.828 bits per heavy atom. The third-order valence-electron chi connectivity index (χ3n) is 18.3. The summed E-state index contributed by atoms with van der Waals surface area (Å²) in [6, 6.07) is 12.2. The molecule has 544 valence electrons. The molecule has 0 saturated carbocycles. The zero-order valence-corrected chi connectivity index (χ0v) is 64.8. The van der Waals surface area contributed by atoms with Gasteiger partial charge in [0.25, 0.3) is 0 Å². The Morgan fingerprint density at radius 1 is 0.376 bits per heavy atom. The van der Waals surface area contributed by atoms with E-state index < -0.39 is 65.2 Å². The van der Waals surface area contributed by atoms with Gasteiger partial charge in [-0.2, -0.15) is 0 Å². The van der Waals surface area contributed by atoms with Crippen molar-refractivity contribution in [2.45, 2.75) is 330 Å². The number of unbranched alkanes of at least 4 members (excludes halogenated alkanes) is 30. The van der Waals surface area contributed by atoms with E-state index in [-0.39, 0.29) is 27.1 Å². The van der Waals surface area contributed by atoms with Crippen LogP contribution in [0, 0.1) is 10.8 Å². The molecule has 8 N–H and O–H groups in total. The van der Waals surface area contributed by atoms with Crippen molar-refractivity contribution in [3.8, 4) is 0 Å². The summed E-state index contributed by atoms with van der Waals surface area (Å²) < 4.78 is 39.3. The lowest BCUT2D eigenvalue weighted by Gasteiger charge is -2.49. The predicted octanol–water partition coefficient (Wildman–Crippen LogP) is 20.6. The van der Waals surface area contributed by atoms with Gasteiger partial charge in [-0.05, 0) is 67.9 Å². The summed E-state index contributed by atoms with van der Waals surface area (Å²) in [6.45, 7) is 32.1. The molecule has 2 aliphatic heterocycles. The van der Waals surface area contributed by atoms with Crippen LogP contribution < -0.4 is 0 Å². The van der Waals surface area contributed by atoms with E-state index >= 15 is 0 Å². The normalized spacial score (nSPS) is 17.7. The minimum absolute atomic E-state index is 0.108. The Hall–Kier alpha value is -0.440. The van der Waals surface area contributed by atoms with E-state index in [0.29, 0.717) is 37.6 Å². The van der Waals surface area contributed by atoms with Gasteiger partial charge in [0.2, 0.25) is 0 Å². The number of rotatable bonds is 44. The van der Waals surface area contributed by atoms with Crippen molar-refractivity contribution in [2.75, 3.05) is 59.5 Å². The minimum Gasteiger partial charge on any atom is -0.395 e. The lowest BCUT2D eigenvalue weighted by Crippen LogP contribution is -2.55. The zero-order chi connectivity index (χ0) is 69.5. The highest BCUT2D eigenvalue weighted by molar-refractivity contribution is 7.53. The molecule has 0 unspecified atom stereocenters. The first-order valence-corrected chi connectivity index (χ1v) is 40.8. The Balaban J connectivity index is 0.000000591. The second-order valence-corrected chi connectivity index (χ2v) is 35.0. The van der Waals surface area contributed by atoms with Gasteiger partial charge in [0.1, 0.15) is 5.60 Å². The van der Waals surface area contributed by atoms with Crippen molar-refractivity contribution in [1.82, 2.24) is 0 Å². The van der Waals surface area contributed by atoms with Crippen molar-refractivity contribution in [2.24, 2.45) is 10.8 Å². The number of aliphatic hydroxyl groups is 4. The van der Waals surface area contributed by atoms with Crippen LogP contribution in [0.5, 0.6) is 0 Å². The topological polar surface area (TPSA) is 226 Å². The molecule has 2 fully saturated rings. The van der Waals surface area contributed by atoms with Crippen molar-refractivity contribution in [3.63, 3.8) is 0 Å². The molecule has 0 bridgehead atoms. The maximum Gasteiger partial charge on any atom is 0.334 e. The minimum atomic E-state index is -2.61. The Labute approximate surface area is 572 Å². The van der Waals surface area contributed by atoms with E-state index in [9.17, 15) is 20.4 Å². The lowest BCUT2D eigenvalue weighted by molar-refractivity contribution is -0.137. The molecule has 15 nitrogen and oxygen atoms in total. The Bertz CT molecular complexity index is 2020. The molecule has 2 saturated heterocycles. The van der Waals surface area contributed by atoms with Crippen molar-refractivity contribution >= 4 is 34.4 Å². The first-order chi connectivity index (χ1) is 44.0. The van der Waals surface area contributed by atoms with Crippen LogP contribution in [0.3, 0.4) is 0 Å². The summed E-state index contributed by atoms with van der Waals surface area (Å²) in [6.07, 6.45) is 44.1. The van der Waals surface area contributed by atoms with Crippen LogP contribution in [-0.4, -0.2) is 99.5 Å². The van der Waals surface area contributed by atoms with E-state index in [1.807, 2.05) is 24.3 Å². The van der Waals surface area contributed by atoms with E-state index in [1.54, 1.807) is 0 Å².